The lowest BCUT2D eigenvalue weighted by molar-refractivity contribution is 0.791. The first-order valence-electron chi connectivity index (χ1n) is 9.68. The van der Waals surface area contributed by atoms with Gasteiger partial charge in [-0.1, -0.05) is 72.8 Å². The van der Waals surface area contributed by atoms with Crippen LogP contribution in [0, 0.1) is 0 Å². The maximum atomic E-state index is 4.80. The number of fused-ring (bicyclic) bond motifs is 1. The second-order valence-corrected chi connectivity index (χ2v) is 9.33. The van der Waals surface area contributed by atoms with Gasteiger partial charge in [-0.15, -0.1) is 0 Å². The summed E-state index contributed by atoms with van der Waals surface area (Å²) >= 11 is 0. The van der Waals surface area contributed by atoms with Crippen LogP contribution in [0.2, 0.25) is 0 Å². The molecule has 0 saturated carbocycles. The maximum absolute atomic E-state index is 4.80. The molecule has 0 bridgehead atoms. The molecule has 1 aromatic heterocycles. The molecule has 2 heterocycles. The molecule has 132 valence electrons. The molecule has 5 rings (SSSR count). The second-order valence-electron chi connectivity index (χ2n) is 7.11. The molecule has 0 fully saturated rings. The predicted molar refractivity (Wildman–Crippen MR) is 115 cm³/mol. The molecule has 27 heavy (non-hydrogen) atoms. The Balaban J connectivity index is 1.76. The van der Waals surface area contributed by atoms with Gasteiger partial charge >= 0.3 is 0 Å². The summed E-state index contributed by atoms with van der Waals surface area (Å²) in [4.78, 5) is 4.80. The van der Waals surface area contributed by atoms with Crippen molar-refractivity contribution in [1.82, 2.24) is 4.98 Å². The molecule has 0 spiro atoms. The SMILES string of the molecule is C1=C2C(=C(c3ccccc3)P(c3ccccc3)[C@@H]2c2ccccn2)CCC1. The summed E-state index contributed by atoms with van der Waals surface area (Å²) in [5.41, 5.74) is 6.08. The van der Waals surface area contributed by atoms with Gasteiger partial charge in [0.05, 0.1) is 11.4 Å². The summed E-state index contributed by atoms with van der Waals surface area (Å²) in [6.45, 7) is 0. The van der Waals surface area contributed by atoms with Crippen molar-refractivity contribution in [3.8, 4) is 0 Å². The first kappa shape index (κ1) is 16.7. The number of aromatic nitrogens is 1. The second kappa shape index (κ2) is 7.25. The van der Waals surface area contributed by atoms with Crippen LogP contribution in [-0.4, -0.2) is 4.98 Å². The minimum atomic E-state index is -0.521. The van der Waals surface area contributed by atoms with E-state index in [-0.39, 0.29) is 0 Å². The lowest BCUT2D eigenvalue weighted by Crippen LogP contribution is -2.08. The zero-order chi connectivity index (χ0) is 18.1. The van der Waals surface area contributed by atoms with E-state index in [1.165, 1.54) is 41.4 Å². The number of pyridine rings is 1. The Hall–Kier alpha value is -2.50. The van der Waals surface area contributed by atoms with Crippen LogP contribution in [0.3, 0.4) is 0 Å². The molecule has 1 nitrogen and oxygen atoms in total. The molecule has 1 unspecified atom stereocenters. The number of hydrogen-bond acceptors (Lipinski definition) is 1. The normalized spacial score (nSPS) is 21.7. The molecule has 2 aliphatic rings. The molecule has 1 aliphatic carbocycles. The highest BCUT2D eigenvalue weighted by Crippen LogP contribution is 2.71. The number of benzene rings is 2. The van der Waals surface area contributed by atoms with E-state index < -0.39 is 7.92 Å². The van der Waals surface area contributed by atoms with Gasteiger partial charge in [0, 0.05) is 6.20 Å². The van der Waals surface area contributed by atoms with Crippen molar-refractivity contribution in [3.05, 3.63) is 114 Å². The van der Waals surface area contributed by atoms with Crippen LogP contribution in [-0.2, 0) is 0 Å². The molecule has 0 amide bonds. The van der Waals surface area contributed by atoms with Crippen LogP contribution >= 0.6 is 7.92 Å². The van der Waals surface area contributed by atoms with E-state index in [9.17, 15) is 0 Å². The standard InChI is InChI=1S/C25H22NP/c1-3-11-19(12-4-1)24-21-15-7-8-16-22(21)25(23-17-9-10-18-26-23)27(24)20-13-5-2-6-14-20/h1-6,9-14,16-18,25H,7-8,15H2/t25-,27?/m0/s1. The van der Waals surface area contributed by atoms with Gasteiger partial charge in [-0.2, -0.15) is 0 Å². The lowest BCUT2D eigenvalue weighted by atomic mass is 9.89. The number of nitrogens with zero attached hydrogens (tertiary/aromatic N) is 1. The van der Waals surface area contributed by atoms with Gasteiger partial charge in [-0.25, -0.2) is 0 Å². The Morgan fingerprint density at radius 2 is 1.56 bits per heavy atom. The highest BCUT2D eigenvalue weighted by Gasteiger charge is 2.41. The van der Waals surface area contributed by atoms with Crippen LogP contribution < -0.4 is 5.30 Å². The monoisotopic (exact) mass is 367 g/mol. The molecular formula is C25H22NP. The number of hydrogen-bond donors (Lipinski definition) is 0. The van der Waals surface area contributed by atoms with Gasteiger partial charge < -0.3 is 0 Å². The Morgan fingerprint density at radius 1 is 0.815 bits per heavy atom. The van der Waals surface area contributed by atoms with Crippen molar-refractivity contribution in [2.45, 2.75) is 24.9 Å². The minimum absolute atomic E-state index is 0.370. The lowest BCUT2D eigenvalue weighted by Gasteiger charge is -2.25. The fraction of sp³-hybridized carbons (Fsp3) is 0.160. The van der Waals surface area contributed by atoms with Crippen LogP contribution in [0.1, 0.15) is 36.2 Å². The summed E-state index contributed by atoms with van der Waals surface area (Å²) in [7, 11) is -0.521. The molecule has 1 aliphatic heterocycles. The predicted octanol–water partition coefficient (Wildman–Crippen LogP) is 6.47. The molecule has 2 aromatic carbocycles. The third kappa shape index (κ3) is 2.97. The third-order valence-corrected chi connectivity index (χ3v) is 8.40. The third-order valence-electron chi connectivity index (χ3n) is 5.47. The Morgan fingerprint density at radius 3 is 2.30 bits per heavy atom. The van der Waals surface area contributed by atoms with Gasteiger partial charge in [0.25, 0.3) is 0 Å². The van der Waals surface area contributed by atoms with Crippen LogP contribution in [0.25, 0.3) is 5.31 Å². The van der Waals surface area contributed by atoms with Gasteiger partial charge in [0.1, 0.15) is 0 Å². The van der Waals surface area contributed by atoms with Crippen molar-refractivity contribution in [2.75, 3.05) is 0 Å². The highest BCUT2D eigenvalue weighted by molar-refractivity contribution is 7.76. The maximum Gasteiger partial charge on any atom is 0.0545 e. The topological polar surface area (TPSA) is 12.9 Å². The van der Waals surface area contributed by atoms with E-state index in [0.29, 0.717) is 5.66 Å². The fourth-order valence-corrected chi connectivity index (χ4v) is 7.58. The molecule has 2 heteroatoms. The average Bonchev–Trinajstić information content (AvgIpc) is 3.11. The summed E-state index contributed by atoms with van der Waals surface area (Å²) in [5, 5.41) is 3.02. The van der Waals surface area contributed by atoms with E-state index in [4.69, 9.17) is 4.98 Å². The molecule has 3 aromatic rings. The summed E-state index contributed by atoms with van der Waals surface area (Å²) in [6, 6.07) is 28.5. The highest BCUT2D eigenvalue weighted by atomic mass is 31.1. The van der Waals surface area contributed by atoms with Gasteiger partial charge in [-0.05, 0) is 66.6 Å². The molecule has 0 saturated heterocycles. The molecule has 0 N–H and O–H groups in total. The Bertz CT molecular complexity index is 990. The molecule has 2 atom stereocenters. The quantitative estimate of drug-likeness (QED) is 0.484. The van der Waals surface area contributed by atoms with Crippen molar-refractivity contribution < 1.29 is 0 Å². The smallest absolute Gasteiger partial charge is 0.0545 e. The van der Waals surface area contributed by atoms with Crippen LogP contribution in [0.5, 0.6) is 0 Å². The van der Waals surface area contributed by atoms with Crippen molar-refractivity contribution in [2.24, 2.45) is 0 Å². The van der Waals surface area contributed by atoms with Gasteiger partial charge in [0.2, 0.25) is 0 Å². The summed E-state index contributed by atoms with van der Waals surface area (Å²) < 4.78 is 0. The van der Waals surface area contributed by atoms with E-state index >= 15 is 0 Å². The van der Waals surface area contributed by atoms with E-state index in [1.807, 2.05) is 12.3 Å². The number of rotatable bonds is 3. The zero-order valence-electron chi connectivity index (χ0n) is 15.3. The first-order valence-corrected chi connectivity index (χ1v) is 11.1. The van der Waals surface area contributed by atoms with E-state index in [0.717, 1.165) is 0 Å². The van der Waals surface area contributed by atoms with Gasteiger partial charge in [0.15, 0.2) is 0 Å². The average molecular weight is 367 g/mol. The molecule has 0 radical (unpaired) electrons. The zero-order valence-corrected chi connectivity index (χ0v) is 16.1. The summed E-state index contributed by atoms with van der Waals surface area (Å²) in [5.74, 6) is 0. The van der Waals surface area contributed by atoms with Crippen molar-refractivity contribution >= 4 is 18.5 Å². The first-order chi connectivity index (χ1) is 13.4. The van der Waals surface area contributed by atoms with E-state index in [1.54, 1.807) is 10.9 Å². The van der Waals surface area contributed by atoms with E-state index in [2.05, 4.69) is 78.9 Å². The molecular weight excluding hydrogens is 345 g/mol. The van der Waals surface area contributed by atoms with Crippen molar-refractivity contribution in [1.29, 1.82) is 0 Å². The largest absolute Gasteiger partial charge is 0.260 e. The minimum Gasteiger partial charge on any atom is -0.260 e. The fourth-order valence-electron chi connectivity index (χ4n) is 4.35. The Labute approximate surface area is 162 Å². The Kier molecular flexibility index (Phi) is 4.47. The number of allylic oxidation sites excluding steroid dienone is 3. The van der Waals surface area contributed by atoms with Gasteiger partial charge in [-0.3, -0.25) is 4.98 Å². The van der Waals surface area contributed by atoms with Crippen molar-refractivity contribution in [3.63, 3.8) is 0 Å². The summed E-state index contributed by atoms with van der Waals surface area (Å²) in [6.07, 6.45) is 8.05. The van der Waals surface area contributed by atoms with Crippen LogP contribution in [0.4, 0.5) is 0 Å². The van der Waals surface area contributed by atoms with Crippen LogP contribution in [0.15, 0.2) is 102 Å².